The van der Waals surface area contributed by atoms with Crippen LogP contribution in [-0.4, -0.2) is 12.5 Å². The molecule has 1 N–H and O–H groups in total. The molecule has 0 aromatic heterocycles. The summed E-state index contributed by atoms with van der Waals surface area (Å²) in [5.41, 5.74) is 0. The zero-order valence-electron chi connectivity index (χ0n) is 14.2. The highest BCUT2D eigenvalue weighted by molar-refractivity contribution is 5.75. The zero-order chi connectivity index (χ0) is 15.1. The number of nitrogens with one attached hydrogen (secondary N) is 1. The average molecular weight is 284 g/mol. The van der Waals surface area contributed by atoms with Crippen LogP contribution in [-0.2, 0) is 4.79 Å². The summed E-state index contributed by atoms with van der Waals surface area (Å²) >= 11 is 0. The molecule has 0 saturated carbocycles. The van der Waals surface area contributed by atoms with E-state index in [0.29, 0.717) is 12.3 Å². The molecule has 2 nitrogen and oxygen atoms in total. The molecule has 0 heterocycles. The van der Waals surface area contributed by atoms with Crippen molar-refractivity contribution in [1.29, 1.82) is 0 Å². The summed E-state index contributed by atoms with van der Waals surface area (Å²) in [5, 5.41) is 2.98. The van der Waals surface area contributed by atoms with Gasteiger partial charge in [0, 0.05) is 13.0 Å². The maximum absolute atomic E-state index is 11.5. The number of hydrogen-bond donors (Lipinski definition) is 1. The van der Waals surface area contributed by atoms with Gasteiger partial charge in [-0.25, -0.2) is 0 Å². The summed E-state index contributed by atoms with van der Waals surface area (Å²) in [6, 6.07) is 0. The van der Waals surface area contributed by atoms with Crippen LogP contribution in [0.2, 0.25) is 0 Å². The molecule has 120 valence electrons. The van der Waals surface area contributed by atoms with Crippen molar-refractivity contribution in [3.8, 4) is 0 Å². The van der Waals surface area contributed by atoms with Crippen molar-refractivity contribution in [1.82, 2.24) is 5.32 Å². The molecule has 0 bridgehead atoms. The van der Waals surface area contributed by atoms with E-state index in [9.17, 15) is 4.79 Å². The second-order valence-corrected chi connectivity index (χ2v) is 6.48. The third kappa shape index (κ3) is 15.5. The van der Waals surface area contributed by atoms with Gasteiger partial charge in [0.2, 0.25) is 5.91 Å². The first kappa shape index (κ1) is 19.5. The Hall–Kier alpha value is -0.530. The summed E-state index contributed by atoms with van der Waals surface area (Å²) in [7, 11) is 0. The van der Waals surface area contributed by atoms with E-state index < -0.39 is 0 Å². The average Bonchev–Trinajstić information content (AvgIpc) is 2.42. The van der Waals surface area contributed by atoms with Crippen LogP contribution in [0.5, 0.6) is 0 Å². The van der Waals surface area contributed by atoms with E-state index in [0.717, 1.165) is 13.0 Å². The van der Waals surface area contributed by atoms with Gasteiger partial charge in [-0.15, -0.1) is 0 Å². The first-order chi connectivity index (χ1) is 9.66. The minimum Gasteiger partial charge on any atom is -0.356 e. The third-order valence-electron chi connectivity index (χ3n) is 3.71. The lowest BCUT2D eigenvalue weighted by Gasteiger charge is -2.07. The summed E-state index contributed by atoms with van der Waals surface area (Å²) in [4.78, 5) is 11.5. The molecular formula is C18H37NO. The fraction of sp³-hybridized carbons (Fsp3) is 0.944. The van der Waals surface area contributed by atoms with Gasteiger partial charge in [0.25, 0.3) is 0 Å². The van der Waals surface area contributed by atoms with Gasteiger partial charge in [-0.05, 0) is 12.3 Å². The molecule has 0 aliphatic rings. The Morgan fingerprint density at radius 2 is 1.25 bits per heavy atom. The molecular weight excluding hydrogens is 246 g/mol. The van der Waals surface area contributed by atoms with Gasteiger partial charge in [-0.3, -0.25) is 4.79 Å². The van der Waals surface area contributed by atoms with E-state index in [-0.39, 0.29) is 5.91 Å². The molecule has 0 aromatic carbocycles. The van der Waals surface area contributed by atoms with E-state index in [2.05, 4.69) is 26.1 Å². The number of carbonyl (C=O) groups excluding carboxylic acids is 1. The summed E-state index contributed by atoms with van der Waals surface area (Å²) < 4.78 is 0. The van der Waals surface area contributed by atoms with Gasteiger partial charge in [0.15, 0.2) is 0 Å². The highest BCUT2D eigenvalue weighted by Gasteiger charge is 2.01. The van der Waals surface area contributed by atoms with Crippen LogP contribution in [0.3, 0.4) is 0 Å². The van der Waals surface area contributed by atoms with Crippen molar-refractivity contribution in [2.24, 2.45) is 5.92 Å². The van der Waals surface area contributed by atoms with Crippen LogP contribution < -0.4 is 5.32 Å². The first-order valence-electron chi connectivity index (χ1n) is 8.93. The van der Waals surface area contributed by atoms with Crippen molar-refractivity contribution in [2.45, 2.75) is 97.8 Å². The van der Waals surface area contributed by atoms with Gasteiger partial charge in [0.05, 0.1) is 0 Å². The van der Waals surface area contributed by atoms with E-state index in [1.807, 2.05) is 0 Å². The minimum absolute atomic E-state index is 0.231. The van der Waals surface area contributed by atoms with Crippen LogP contribution in [0.25, 0.3) is 0 Å². The quantitative estimate of drug-likeness (QED) is 0.421. The number of hydrogen-bond acceptors (Lipinski definition) is 1. The second-order valence-electron chi connectivity index (χ2n) is 6.48. The number of carbonyl (C=O) groups is 1. The molecule has 1 amide bonds. The molecule has 20 heavy (non-hydrogen) atoms. The van der Waals surface area contributed by atoms with E-state index >= 15 is 0 Å². The smallest absolute Gasteiger partial charge is 0.220 e. The fourth-order valence-electron chi connectivity index (χ4n) is 2.36. The van der Waals surface area contributed by atoms with Crippen molar-refractivity contribution in [2.75, 3.05) is 6.54 Å². The Morgan fingerprint density at radius 1 is 0.800 bits per heavy atom. The molecule has 0 unspecified atom stereocenters. The van der Waals surface area contributed by atoms with E-state index in [1.54, 1.807) is 0 Å². The lowest BCUT2D eigenvalue weighted by Crippen LogP contribution is -2.26. The topological polar surface area (TPSA) is 29.1 Å². The van der Waals surface area contributed by atoms with Gasteiger partial charge < -0.3 is 5.32 Å². The molecule has 0 rings (SSSR count). The van der Waals surface area contributed by atoms with E-state index in [4.69, 9.17) is 0 Å². The Kier molecular flexibility index (Phi) is 14.5. The molecule has 0 saturated heterocycles. The summed E-state index contributed by atoms with van der Waals surface area (Å²) in [6.07, 6.45) is 15.4. The van der Waals surface area contributed by atoms with Crippen molar-refractivity contribution in [3.63, 3.8) is 0 Å². The normalized spacial score (nSPS) is 11.0. The van der Waals surface area contributed by atoms with Gasteiger partial charge in [0.1, 0.15) is 0 Å². The molecule has 0 spiro atoms. The highest BCUT2D eigenvalue weighted by Crippen LogP contribution is 2.11. The molecule has 0 radical (unpaired) electrons. The summed E-state index contributed by atoms with van der Waals surface area (Å²) in [5.74, 6) is 0.783. The standard InChI is InChI=1S/C18H37NO/c1-4-5-6-7-8-9-10-11-12-13-14-15-18(20)19-16-17(2)3/h17H,4-16H2,1-3H3,(H,19,20). The van der Waals surface area contributed by atoms with Crippen LogP contribution >= 0.6 is 0 Å². The summed E-state index contributed by atoms with van der Waals surface area (Å²) in [6.45, 7) is 7.34. The highest BCUT2D eigenvalue weighted by atomic mass is 16.1. The van der Waals surface area contributed by atoms with E-state index in [1.165, 1.54) is 64.2 Å². The fourth-order valence-corrected chi connectivity index (χ4v) is 2.36. The number of amides is 1. The Labute approximate surface area is 127 Å². The molecule has 0 aliphatic carbocycles. The van der Waals surface area contributed by atoms with Crippen LogP contribution in [0.15, 0.2) is 0 Å². The maximum Gasteiger partial charge on any atom is 0.220 e. The van der Waals surface area contributed by atoms with Crippen LogP contribution in [0.4, 0.5) is 0 Å². The zero-order valence-corrected chi connectivity index (χ0v) is 14.2. The van der Waals surface area contributed by atoms with Crippen LogP contribution in [0, 0.1) is 5.92 Å². The molecule has 2 heteroatoms. The Bertz CT molecular complexity index is 213. The lowest BCUT2D eigenvalue weighted by molar-refractivity contribution is -0.121. The molecule has 0 aromatic rings. The van der Waals surface area contributed by atoms with Crippen molar-refractivity contribution < 1.29 is 4.79 Å². The van der Waals surface area contributed by atoms with Crippen LogP contribution in [0.1, 0.15) is 97.8 Å². The Morgan fingerprint density at radius 3 is 1.70 bits per heavy atom. The van der Waals surface area contributed by atoms with Crippen molar-refractivity contribution >= 4 is 5.91 Å². The molecule has 0 fully saturated rings. The molecule has 0 atom stereocenters. The maximum atomic E-state index is 11.5. The second kappa shape index (κ2) is 14.9. The lowest BCUT2D eigenvalue weighted by atomic mass is 10.1. The minimum atomic E-state index is 0.231. The predicted molar refractivity (Wildman–Crippen MR) is 88.9 cm³/mol. The largest absolute Gasteiger partial charge is 0.356 e. The number of unbranched alkanes of at least 4 members (excludes halogenated alkanes) is 10. The van der Waals surface area contributed by atoms with Gasteiger partial charge in [-0.2, -0.15) is 0 Å². The van der Waals surface area contributed by atoms with Gasteiger partial charge in [-0.1, -0.05) is 85.0 Å². The Balaban J connectivity index is 3.11. The predicted octanol–water partition coefficient (Wildman–Crippen LogP) is 5.46. The monoisotopic (exact) mass is 283 g/mol. The molecule has 0 aliphatic heterocycles. The third-order valence-corrected chi connectivity index (χ3v) is 3.71. The van der Waals surface area contributed by atoms with Gasteiger partial charge >= 0.3 is 0 Å². The number of rotatable bonds is 14. The SMILES string of the molecule is CCCCCCCCCCCCCC(=O)NCC(C)C. The first-order valence-corrected chi connectivity index (χ1v) is 8.93. The van der Waals surface area contributed by atoms with Crippen molar-refractivity contribution in [3.05, 3.63) is 0 Å².